The van der Waals surface area contributed by atoms with E-state index >= 15 is 0 Å². The minimum Gasteiger partial charge on any atom is -0.326 e. The summed E-state index contributed by atoms with van der Waals surface area (Å²) in [5.41, 5.74) is 4.58. The van der Waals surface area contributed by atoms with Crippen LogP contribution in [0.3, 0.4) is 0 Å². The Kier molecular flexibility index (Phi) is 7.43. The van der Waals surface area contributed by atoms with Crippen LogP contribution in [-0.4, -0.2) is 23.6 Å². The van der Waals surface area contributed by atoms with E-state index in [-0.39, 0.29) is 11.8 Å². The van der Waals surface area contributed by atoms with Gasteiger partial charge in [-0.15, -0.1) is 0 Å². The molecule has 0 aliphatic carbocycles. The largest absolute Gasteiger partial charge is 0.326 e. The molecule has 0 saturated carbocycles. The fourth-order valence-electron chi connectivity index (χ4n) is 3.26. The Morgan fingerprint density at radius 2 is 0.971 bits per heavy atom. The molecule has 0 spiro atoms. The number of amides is 4. The summed E-state index contributed by atoms with van der Waals surface area (Å²) in [4.78, 5) is 48.3. The Bertz CT molecular complexity index is 1190. The molecule has 0 radical (unpaired) electrons. The van der Waals surface area contributed by atoms with Crippen LogP contribution in [0, 0.1) is 13.8 Å². The number of carbonyl (C=O) groups is 4. The molecule has 0 aromatic heterocycles. The third kappa shape index (κ3) is 6.29. The molecule has 0 atom stereocenters. The Labute approximate surface area is 197 Å². The maximum Gasteiger partial charge on any atom is 0.255 e. The molecule has 0 aliphatic heterocycles. The SMILES string of the molecule is CC(=O)Nc1cc(NC(=O)c2cccc(C(=O)Nc3ccc(C)c(NC(C)=O)c3)c2)ccc1C. The lowest BCUT2D eigenvalue weighted by Gasteiger charge is -2.12. The predicted molar refractivity (Wildman–Crippen MR) is 133 cm³/mol. The Balaban J connectivity index is 1.74. The number of anilines is 4. The number of rotatable bonds is 6. The number of nitrogens with one attached hydrogen (secondary N) is 4. The van der Waals surface area contributed by atoms with Crippen molar-refractivity contribution in [1.29, 1.82) is 0 Å². The van der Waals surface area contributed by atoms with E-state index in [1.165, 1.54) is 19.9 Å². The van der Waals surface area contributed by atoms with Crippen molar-refractivity contribution in [2.75, 3.05) is 21.3 Å². The van der Waals surface area contributed by atoms with Crippen LogP contribution in [0.4, 0.5) is 22.7 Å². The van der Waals surface area contributed by atoms with Gasteiger partial charge in [-0.05, 0) is 67.4 Å². The van der Waals surface area contributed by atoms with Crippen molar-refractivity contribution in [3.05, 3.63) is 82.9 Å². The first kappa shape index (κ1) is 24.2. The molecule has 174 valence electrons. The average molecular weight is 459 g/mol. The Morgan fingerprint density at radius 1 is 0.559 bits per heavy atom. The van der Waals surface area contributed by atoms with Crippen LogP contribution in [0.1, 0.15) is 45.7 Å². The van der Waals surface area contributed by atoms with Gasteiger partial charge in [0.1, 0.15) is 0 Å². The molecule has 0 unspecified atom stereocenters. The predicted octanol–water partition coefficient (Wildman–Crippen LogP) is 4.72. The highest BCUT2D eigenvalue weighted by Gasteiger charge is 2.13. The van der Waals surface area contributed by atoms with Gasteiger partial charge in [0.05, 0.1) is 0 Å². The molecule has 3 aromatic rings. The molecule has 4 amide bonds. The van der Waals surface area contributed by atoms with E-state index < -0.39 is 11.8 Å². The van der Waals surface area contributed by atoms with Crippen LogP contribution < -0.4 is 21.3 Å². The summed E-state index contributed by atoms with van der Waals surface area (Å²) in [5.74, 6) is -1.20. The number of hydrogen-bond acceptors (Lipinski definition) is 4. The third-order valence-corrected chi connectivity index (χ3v) is 5.00. The molecule has 4 N–H and O–H groups in total. The zero-order chi connectivity index (χ0) is 24.8. The van der Waals surface area contributed by atoms with Gasteiger partial charge in [0, 0.05) is 47.7 Å². The van der Waals surface area contributed by atoms with Crippen molar-refractivity contribution >= 4 is 46.4 Å². The first-order chi connectivity index (χ1) is 16.1. The number of carbonyl (C=O) groups excluding carboxylic acids is 4. The van der Waals surface area contributed by atoms with Crippen LogP contribution in [0.15, 0.2) is 60.7 Å². The smallest absolute Gasteiger partial charge is 0.255 e. The number of hydrogen-bond donors (Lipinski definition) is 4. The monoisotopic (exact) mass is 458 g/mol. The van der Waals surface area contributed by atoms with Crippen molar-refractivity contribution < 1.29 is 19.2 Å². The molecule has 3 rings (SSSR count). The van der Waals surface area contributed by atoms with Crippen LogP contribution in [0.2, 0.25) is 0 Å². The molecule has 8 heteroatoms. The first-order valence-corrected chi connectivity index (χ1v) is 10.6. The average Bonchev–Trinajstić information content (AvgIpc) is 2.77. The molecule has 0 fully saturated rings. The number of aryl methyl sites for hydroxylation is 2. The zero-order valence-corrected chi connectivity index (χ0v) is 19.4. The lowest BCUT2D eigenvalue weighted by molar-refractivity contribution is -0.115. The Morgan fingerprint density at radius 3 is 1.35 bits per heavy atom. The lowest BCUT2D eigenvalue weighted by atomic mass is 10.1. The van der Waals surface area contributed by atoms with Crippen molar-refractivity contribution in [2.45, 2.75) is 27.7 Å². The van der Waals surface area contributed by atoms with Crippen molar-refractivity contribution in [2.24, 2.45) is 0 Å². The zero-order valence-electron chi connectivity index (χ0n) is 19.4. The summed E-state index contributed by atoms with van der Waals surface area (Å²) < 4.78 is 0. The second-order valence-corrected chi connectivity index (χ2v) is 7.91. The topological polar surface area (TPSA) is 116 Å². The lowest BCUT2D eigenvalue weighted by Crippen LogP contribution is -2.16. The van der Waals surface area contributed by atoms with E-state index in [4.69, 9.17) is 0 Å². The van der Waals surface area contributed by atoms with Crippen molar-refractivity contribution in [1.82, 2.24) is 0 Å². The first-order valence-electron chi connectivity index (χ1n) is 10.6. The normalized spacial score (nSPS) is 10.2. The van der Waals surface area contributed by atoms with Crippen LogP contribution in [0.5, 0.6) is 0 Å². The van der Waals surface area contributed by atoms with Crippen LogP contribution >= 0.6 is 0 Å². The molecule has 0 saturated heterocycles. The molecule has 0 aliphatic rings. The summed E-state index contributed by atoms with van der Waals surface area (Å²) >= 11 is 0. The van der Waals surface area contributed by atoms with Gasteiger partial charge in [-0.1, -0.05) is 18.2 Å². The van der Waals surface area contributed by atoms with Gasteiger partial charge < -0.3 is 21.3 Å². The van der Waals surface area contributed by atoms with E-state index in [1.807, 2.05) is 13.8 Å². The standard InChI is InChI=1S/C26H26N4O4/c1-15-8-10-21(13-23(15)27-17(3)31)29-25(33)19-6-5-7-20(12-19)26(34)30-22-11-9-16(2)24(14-22)28-18(4)32/h5-14H,1-4H3,(H,27,31)(H,28,32)(H,29,33)(H,30,34). The highest BCUT2D eigenvalue weighted by Crippen LogP contribution is 2.22. The molecular formula is C26H26N4O4. The second-order valence-electron chi connectivity index (χ2n) is 7.91. The van der Waals surface area contributed by atoms with Gasteiger partial charge in [0.2, 0.25) is 11.8 Å². The van der Waals surface area contributed by atoms with Gasteiger partial charge in [0.25, 0.3) is 11.8 Å². The maximum atomic E-state index is 12.8. The summed E-state index contributed by atoms with van der Waals surface area (Å²) in [6.45, 7) is 6.54. The van der Waals surface area contributed by atoms with E-state index in [0.717, 1.165) is 11.1 Å². The highest BCUT2D eigenvalue weighted by atomic mass is 16.2. The molecule has 3 aromatic carbocycles. The minimum absolute atomic E-state index is 0.205. The highest BCUT2D eigenvalue weighted by molar-refractivity contribution is 6.09. The van der Waals surface area contributed by atoms with E-state index in [2.05, 4.69) is 21.3 Å². The minimum atomic E-state index is -0.393. The molecule has 0 bridgehead atoms. The summed E-state index contributed by atoms with van der Waals surface area (Å²) in [7, 11) is 0. The second kappa shape index (κ2) is 10.4. The van der Waals surface area contributed by atoms with Gasteiger partial charge >= 0.3 is 0 Å². The van der Waals surface area contributed by atoms with Gasteiger partial charge in [-0.25, -0.2) is 0 Å². The quantitative estimate of drug-likeness (QED) is 0.427. The fraction of sp³-hybridized carbons (Fsp3) is 0.154. The molecule has 34 heavy (non-hydrogen) atoms. The van der Waals surface area contributed by atoms with E-state index in [9.17, 15) is 19.2 Å². The summed E-state index contributed by atoms with van der Waals surface area (Å²) in [6, 6.07) is 16.7. The maximum absolute atomic E-state index is 12.8. The third-order valence-electron chi connectivity index (χ3n) is 5.00. The van der Waals surface area contributed by atoms with Crippen molar-refractivity contribution in [3.8, 4) is 0 Å². The van der Waals surface area contributed by atoms with Gasteiger partial charge in [-0.3, -0.25) is 19.2 Å². The summed E-state index contributed by atoms with van der Waals surface area (Å²) in [6.07, 6.45) is 0. The van der Waals surface area contributed by atoms with Crippen LogP contribution in [0.25, 0.3) is 0 Å². The van der Waals surface area contributed by atoms with Gasteiger partial charge in [0.15, 0.2) is 0 Å². The molecule has 0 heterocycles. The van der Waals surface area contributed by atoms with Crippen LogP contribution in [-0.2, 0) is 9.59 Å². The van der Waals surface area contributed by atoms with Crippen molar-refractivity contribution in [3.63, 3.8) is 0 Å². The Hall–Kier alpha value is -4.46. The molecule has 8 nitrogen and oxygen atoms in total. The number of benzene rings is 3. The van der Waals surface area contributed by atoms with Gasteiger partial charge in [-0.2, -0.15) is 0 Å². The van der Waals surface area contributed by atoms with E-state index in [1.54, 1.807) is 54.6 Å². The molecular weight excluding hydrogens is 432 g/mol. The fourth-order valence-corrected chi connectivity index (χ4v) is 3.26. The van der Waals surface area contributed by atoms with E-state index in [0.29, 0.717) is 33.9 Å². The summed E-state index contributed by atoms with van der Waals surface area (Å²) in [5, 5.41) is 11.0.